The van der Waals surface area contributed by atoms with Gasteiger partial charge < -0.3 is 4.90 Å². The molecular weight excluding hydrogens is 298 g/mol. The monoisotopic (exact) mass is 317 g/mol. The van der Waals surface area contributed by atoms with Gasteiger partial charge in [0.2, 0.25) is 10.0 Å². The van der Waals surface area contributed by atoms with Crippen molar-refractivity contribution in [1.82, 2.24) is 14.6 Å². The van der Waals surface area contributed by atoms with Gasteiger partial charge in [0.05, 0.1) is 5.02 Å². The summed E-state index contributed by atoms with van der Waals surface area (Å²) in [6.07, 6.45) is 3.76. The van der Waals surface area contributed by atoms with Crippen LogP contribution in [0.1, 0.15) is 20.3 Å². The second-order valence-corrected chi connectivity index (χ2v) is 7.54. The second-order valence-electron chi connectivity index (χ2n) is 5.40. The van der Waals surface area contributed by atoms with Crippen molar-refractivity contribution in [2.45, 2.75) is 31.2 Å². The summed E-state index contributed by atoms with van der Waals surface area (Å²) in [7, 11) is -3.58. The fraction of sp³-hybridized carbons (Fsp3) is 0.615. The van der Waals surface area contributed by atoms with Crippen molar-refractivity contribution in [2.75, 3.05) is 19.6 Å². The van der Waals surface area contributed by atoms with E-state index in [2.05, 4.69) is 28.5 Å². The number of nitrogens with one attached hydrogen (secondary N) is 1. The molecule has 7 heteroatoms. The third kappa shape index (κ3) is 3.69. The number of sulfonamides is 1. The number of aromatic nitrogens is 1. The Balaban J connectivity index is 1.96. The first-order valence-corrected chi connectivity index (χ1v) is 8.59. The normalized spacial score (nSPS) is 20.7. The summed E-state index contributed by atoms with van der Waals surface area (Å²) in [5.41, 5.74) is 0. The number of rotatable bonds is 5. The largest absolute Gasteiger partial charge is 0.301 e. The third-order valence-corrected chi connectivity index (χ3v) is 5.53. The zero-order chi connectivity index (χ0) is 14.8. The molecule has 1 aromatic heterocycles. The zero-order valence-corrected chi connectivity index (χ0v) is 13.3. The summed E-state index contributed by atoms with van der Waals surface area (Å²) < 4.78 is 27.0. The Morgan fingerprint density at radius 2 is 2.30 bits per heavy atom. The van der Waals surface area contributed by atoms with Crippen LogP contribution in [-0.4, -0.2) is 44.0 Å². The quantitative estimate of drug-likeness (QED) is 0.898. The molecule has 1 aliphatic heterocycles. The summed E-state index contributed by atoms with van der Waals surface area (Å²) in [6.45, 7) is 6.71. The lowest BCUT2D eigenvalue weighted by Gasteiger charge is -2.20. The number of nitrogens with zero attached hydrogens (tertiary/aromatic N) is 2. The van der Waals surface area contributed by atoms with E-state index < -0.39 is 10.0 Å². The molecule has 20 heavy (non-hydrogen) atoms. The van der Waals surface area contributed by atoms with Crippen molar-refractivity contribution in [3.8, 4) is 0 Å². The second kappa shape index (κ2) is 6.39. The number of pyridine rings is 1. The fourth-order valence-corrected chi connectivity index (χ4v) is 3.91. The maximum atomic E-state index is 12.2. The predicted octanol–water partition coefficient (Wildman–Crippen LogP) is 1.74. The van der Waals surface area contributed by atoms with Gasteiger partial charge >= 0.3 is 0 Å². The van der Waals surface area contributed by atoms with Gasteiger partial charge in [0, 0.05) is 31.5 Å². The van der Waals surface area contributed by atoms with Crippen molar-refractivity contribution < 1.29 is 8.42 Å². The molecule has 0 saturated carbocycles. The minimum Gasteiger partial charge on any atom is -0.301 e. The molecule has 1 aliphatic rings. The van der Waals surface area contributed by atoms with Gasteiger partial charge in [-0.05, 0) is 38.8 Å². The molecule has 1 N–H and O–H groups in total. The highest BCUT2D eigenvalue weighted by molar-refractivity contribution is 7.89. The Hall–Kier alpha value is -0.690. The van der Waals surface area contributed by atoms with Gasteiger partial charge in [-0.2, -0.15) is 0 Å². The minimum absolute atomic E-state index is 0.0420. The van der Waals surface area contributed by atoms with Crippen LogP contribution in [0.15, 0.2) is 23.4 Å². The molecule has 2 heterocycles. The molecule has 0 spiro atoms. The summed E-state index contributed by atoms with van der Waals surface area (Å²) in [6, 6.07) is 1.98. The summed E-state index contributed by atoms with van der Waals surface area (Å²) in [4.78, 5) is 6.21. The molecule has 1 saturated heterocycles. The number of likely N-dealkylation sites (tertiary alicyclic amines) is 1. The standard InChI is InChI=1S/C13H20ClN3O2S/c1-10(2)17-6-4-11(9-17)7-16-20(18,19)13-8-15-5-3-12(13)14/h3,5,8,10-11,16H,4,6-7,9H2,1-2H3. The maximum absolute atomic E-state index is 12.2. The molecular formula is C13H20ClN3O2S. The molecule has 0 radical (unpaired) electrons. The molecule has 2 rings (SSSR count). The van der Waals surface area contributed by atoms with Crippen LogP contribution in [0.25, 0.3) is 0 Å². The van der Waals surface area contributed by atoms with Crippen molar-refractivity contribution in [3.63, 3.8) is 0 Å². The fourth-order valence-electron chi connectivity index (χ4n) is 2.36. The van der Waals surface area contributed by atoms with E-state index in [-0.39, 0.29) is 9.92 Å². The Bertz CT molecular complexity index is 562. The van der Waals surface area contributed by atoms with E-state index in [9.17, 15) is 8.42 Å². The van der Waals surface area contributed by atoms with Crippen LogP contribution >= 0.6 is 11.6 Å². The summed E-state index contributed by atoms with van der Waals surface area (Å²) >= 11 is 5.90. The van der Waals surface area contributed by atoms with E-state index in [0.29, 0.717) is 18.5 Å². The lowest BCUT2D eigenvalue weighted by molar-refractivity contribution is 0.265. The molecule has 1 atom stereocenters. The predicted molar refractivity (Wildman–Crippen MR) is 79.3 cm³/mol. The van der Waals surface area contributed by atoms with Crippen LogP contribution in [0, 0.1) is 5.92 Å². The first-order valence-electron chi connectivity index (χ1n) is 6.73. The van der Waals surface area contributed by atoms with E-state index in [1.807, 2.05) is 0 Å². The van der Waals surface area contributed by atoms with Crippen molar-refractivity contribution in [2.24, 2.45) is 5.92 Å². The van der Waals surface area contributed by atoms with Crippen LogP contribution in [0.2, 0.25) is 5.02 Å². The van der Waals surface area contributed by atoms with Gasteiger partial charge in [-0.15, -0.1) is 0 Å². The van der Waals surface area contributed by atoms with Gasteiger partial charge in [0.1, 0.15) is 4.90 Å². The van der Waals surface area contributed by atoms with E-state index in [0.717, 1.165) is 19.5 Å². The van der Waals surface area contributed by atoms with E-state index in [1.54, 1.807) is 0 Å². The lowest BCUT2D eigenvalue weighted by Crippen LogP contribution is -2.33. The van der Waals surface area contributed by atoms with Crippen LogP contribution in [0.4, 0.5) is 0 Å². The Morgan fingerprint density at radius 1 is 1.55 bits per heavy atom. The molecule has 1 aromatic rings. The highest BCUT2D eigenvalue weighted by atomic mass is 35.5. The highest BCUT2D eigenvalue weighted by Gasteiger charge is 2.26. The number of halogens is 1. The molecule has 5 nitrogen and oxygen atoms in total. The third-order valence-electron chi connectivity index (χ3n) is 3.63. The van der Waals surface area contributed by atoms with Crippen LogP contribution < -0.4 is 4.72 Å². The van der Waals surface area contributed by atoms with Gasteiger partial charge in [0.15, 0.2) is 0 Å². The SMILES string of the molecule is CC(C)N1CCC(CNS(=O)(=O)c2cnccc2Cl)C1. The average Bonchev–Trinajstić information content (AvgIpc) is 2.86. The molecule has 112 valence electrons. The molecule has 1 unspecified atom stereocenters. The van der Waals surface area contributed by atoms with Crippen molar-refractivity contribution in [1.29, 1.82) is 0 Å². The highest BCUT2D eigenvalue weighted by Crippen LogP contribution is 2.21. The first-order chi connectivity index (χ1) is 9.40. The Kier molecular flexibility index (Phi) is 5.01. The van der Waals surface area contributed by atoms with Gasteiger partial charge in [-0.3, -0.25) is 4.98 Å². The van der Waals surface area contributed by atoms with Gasteiger partial charge in [-0.25, -0.2) is 13.1 Å². The Labute approximate surface area is 125 Å². The van der Waals surface area contributed by atoms with Crippen LogP contribution in [0.3, 0.4) is 0 Å². The van der Waals surface area contributed by atoms with Crippen LogP contribution in [0.5, 0.6) is 0 Å². The average molecular weight is 318 g/mol. The maximum Gasteiger partial charge on any atom is 0.243 e. The lowest BCUT2D eigenvalue weighted by atomic mass is 10.1. The van der Waals surface area contributed by atoms with Gasteiger partial charge in [-0.1, -0.05) is 11.6 Å². The smallest absolute Gasteiger partial charge is 0.243 e. The van der Waals surface area contributed by atoms with Crippen molar-refractivity contribution in [3.05, 3.63) is 23.5 Å². The van der Waals surface area contributed by atoms with E-state index in [1.165, 1.54) is 18.5 Å². The topological polar surface area (TPSA) is 62.3 Å². The molecule has 0 bridgehead atoms. The van der Waals surface area contributed by atoms with Crippen LogP contribution in [-0.2, 0) is 10.0 Å². The number of hydrogen-bond acceptors (Lipinski definition) is 4. The molecule has 0 aliphatic carbocycles. The van der Waals surface area contributed by atoms with Crippen molar-refractivity contribution >= 4 is 21.6 Å². The minimum atomic E-state index is -3.58. The zero-order valence-electron chi connectivity index (χ0n) is 11.7. The van der Waals surface area contributed by atoms with E-state index in [4.69, 9.17) is 11.6 Å². The number of hydrogen-bond donors (Lipinski definition) is 1. The molecule has 0 amide bonds. The summed E-state index contributed by atoms with van der Waals surface area (Å²) in [5.74, 6) is 0.350. The first kappa shape index (κ1) is 15.7. The van der Waals surface area contributed by atoms with E-state index >= 15 is 0 Å². The van der Waals surface area contributed by atoms with Gasteiger partial charge in [0.25, 0.3) is 0 Å². The summed E-state index contributed by atoms with van der Waals surface area (Å²) in [5, 5.41) is 0.197. The molecule has 0 aromatic carbocycles. The Morgan fingerprint density at radius 3 is 2.90 bits per heavy atom. The molecule has 1 fully saturated rings.